The minimum Gasteiger partial charge on any atom is -0.490 e. The van der Waals surface area contributed by atoms with Crippen LogP contribution in [0.5, 0.6) is 5.75 Å². The third-order valence-electron chi connectivity index (χ3n) is 7.11. The van der Waals surface area contributed by atoms with E-state index < -0.39 is 5.97 Å². The van der Waals surface area contributed by atoms with Crippen LogP contribution < -0.4 is 15.0 Å². The predicted molar refractivity (Wildman–Crippen MR) is 147 cm³/mol. The van der Waals surface area contributed by atoms with Crippen LogP contribution in [0.2, 0.25) is 0 Å². The van der Waals surface area contributed by atoms with E-state index in [1.54, 1.807) is 6.08 Å². The van der Waals surface area contributed by atoms with E-state index in [2.05, 4.69) is 41.7 Å². The molecule has 0 aromatic heterocycles. The van der Waals surface area contributed by atoms with Gasteiger partial charge in [0, 0.05) is 24.2 Å². The molecule has 1 aliphatic carbocycles. The Morgan fingerprint density at radius 3 is 2.54 bits per heavy atom. The summed E-state index contributed by atoms with van der Waals surface area (Å²) < 4.78 is 5.79. The fourth-order valence-corrected chi connectivity index (χ4v) is 5.13. The smallest absolute Gasteiger partial charge is 0.328 e. The summed E-state index contributed by atoms with van der Waals surface area (Å²) >= 11 is 0. The molecule has 5 rings (SSSR count). The van der Waals surface area contributed by atoms with Gasteiger partial charge in [0.05, 0.1) is 12.2 Å². The first-order chi connectivity index (χ1) is 18.1. The Labute approximate surface area is 217 Å². The number of nitrogens with one attached hydrogen (secondary N) is 1. The second kappa shape index (κ2) is 11.3. The number of hydrogen-bond donors (Lipinski definition) is 2. The molecular weight excluding hydrogens is 464 g/mol. The maximum Gasteiger partial charge on any atom is 0.328 e. The Morgan fingerprint density at radius 2 is 1.76 bits per heavy atom. The lowest BCUT2D eigenvalue weighted by Crippen LogP contribution is -2.36. The van der Waals surface area contributed by atoms with Crippen molar-refractivity contribution >= 4 is 29.3 Å². The number of hydrogen-bond acceptors (Lipinski definition) is 4. The van der Waals surface area contributed by atoms with E-state index in [1.807, 2.05) is 35.2 Å². The summed E-state index contributed by atoms with van der Waals surface area (Å²) in [5.74, 6) is 0.0362. The van der Waals surface area contributed by atoms with E-state index in [-0.39, 0.29) is 11.8 Å². The zero-order valence-electron chi connectivity index (χ0n) is 20.9. The summed E-state index contributed by atoms with van der Waals surface area (Å²) in [5.41, 5.74) is 5.76. The molecule has 1 heterocycles. The number of anilines is 2. The van der Waals surface area contributed by atoms with Crippen molar-refractivity contribution < 1.29 is 19.4 Å². The van der Waals surface area contributed by atoms with E-state index in [4.69, 9.17) is 9.84 Å². The van der Waals surface area contributed by atoms with Crippen molar-refractivity contribution in [1.82, 2.24) is 0 Å². The Morgan fingerprint density at radius 1 is 0.973 bits per heavy atom. The Balaban J connectivity index is 1.40. The van der Waals surface area contributed by atoms with Crippen molar-refractivity contribution in [1.29, 1.82) is 0 Å². The molecule has 37 heavy (non-hydrogen) atoms. The highest BCUT2D eigenvalue weighted by atomic mass is 16.5. The van der Waals surface area contributed by atoms with Gasteiger partial charge in [-0.05, 0) is 65.4 Å². The predicted octanol–water partition coefficient (Wildman–Crippen LogP) is 6.37. The molecule has 6 heteroatoms. The van der Waals surface area contributed by atoms with Gasteiger partial charge in [-0.1, -0.05) is 61.7 Å². The van der Waals surface area contributed by atoms with Crippen LogP contribution >= 0.6 is 0 Å². The van der Waals surface area contributed by atoms with E-state index in [9.17, 15) is 9.59 Å². The van der Waals surface area contributed by atoms with Crippen LogP contribution in [0.25, 0.3) is 17.2 Å². The summed E-state index contributed by atoms with van der Waals surface area (Å²) in [6.07, 6.45) is 7.87. The van der Waals surface area contributed by atoms with Crippen molar-refractivity contribution in [2.75, 3.05) is 23.4 Å². The third kappa shape index (κ3) is 6.02. The number of carboxylic acids is 1. The highest BCUT2D eigenvalue weighted by Crippen LogP contribution is 2.33. The van der Waals surface area contributed by atoms with Gasteiger partial charge < -0.3 is 20.1 Å². The first kappa shape index (κ1) is 24.6. The molecule has 0 unspecified atom stereocenters. The second-order valence-corrected chi connectivity index (χ2v) is 9.71. The highest BCUT2D eigenvalue weighted by molar-refractivity contribution is 5.95. The van der Waals surface area contributed by atoms with Crippen LogP contribution in [-0.2, 0) is 16.1 Å². The number of carbonyl (C=O) groups is 2. The SMILES string of the molecule is O=C(O)/C=C/c1cccc(N(Cc2ccc(-c3ccc4c(c3)OCCN4)cc2)C(=O)C2CCCCC2)c1. The third-order valence-corrected chi connectivity index (χ3v) is 7.11. The number of benzene rings is 3. The van der Waals surface area contributed by atoms with Crippen molar-refractivity contribution in [3.63, 3.8) is 0 Å². The molecular formula is C31H32N2O4. The Hall–Kier alpha value is -4.06. The zero-order chi connectivity index (χ0) is 25.6. The molecule has 1 aliphatic heterocycles. The maximum absolute atomic E-state index is 13.7. The number of nitrogens with zero attached hydrogens (tertiary/aromatic N) is 1. The van der Waals surface area contributed by atoms with Gasteiger partial charge in [0.25, 0.3) is 0 Å². The number of rotatable bonds is 7. The molecule has 2 N–H and O–H groups in total. The zero-order valence-corrected chi connectivity index (χ0v) is 20.9. The average molecular weight is 497 g/mol. The van der Waals surface area contributed by atoms with Gasteiger partial charge in [-0.3, -0.25) is 4.79 Å². The van der Waals surface area contributed by atoms with Crippen LogP contribution in [0.4, 0.5) is 11.4 Å². The lowest BCUT2D eigenvalue weighted by atomic mass is 9.88. The molecule has 0 radical (unpaired) electrons. The molecule has 0 saturated heterocycles. The van der Waals surface area contributed by atoms with Crippen LogP contribution in [-0.4, -0.2) is 30.1 Å². The summed E-state index contributed by atoms with van der Waals surface area (Å²) in [4.78, 5) is 26.5. The van der Waals surface area contributed by atoms with Gasteiger partial charge in [0.2, 0.25) is 5.91 Å². The molecule has 3 aromatic rings. The molecule has 1 fully saturated rings. The number of aliphatic carboxylic acids is 1. The molecule has 2 aliphatic rings. The number of carboxylic acid groups (broad SMARTS) is 1. The van der Waals surface area contributed by atoms with Gasteiger partial charge >= 0.3 is 5.97 Å². The van der Waals surface area contributed by atoms with Gasteiger partial charge in [-0.25, -0.2) is 4.79 Å². The van der Waals surface area contributed by atoms with Crippen molar-refractivity contribution in [3.05, 3.63) is 83.9 Å². The van der Waals surface area contributed by atoms with Gasteiger partial charge in [0.15, 0.2) is 0 Å². The molecule has 0 spiro atoms. The average Bonchev–Trinajstić information content (AvgIpc) is 2.95. The second-order valence-electron chi connectivity index (χ2n) is 9.71. The van der Waals surface area contributed by atoms with E-state index in [0.29, 0.717) is 13.2 Å². The number of fused-ring (bicyclic) bond motifs is 1. The molecule has 190 valence electrons. The summed E-state index contributed by atoms with van der Waals surface area (Å²) in [6, 6.07) is 22.0. The standard InChI is InChI=1S/C31H32N2O4/c34-30(35)16-11-22-5-4-8-27(19-22)33(31(36)25-6-2-1-3-7-25)21-23-9-12-24(13-10-23)26-14-15-28-29(20-26)37-18-17-32-28/h4-5,8-16,19-20,25,32H,1-3,6-7,17-18,21H2,(H,34,35)/b16-11+. The van der Waals surface area contributed by atoms with Crippen molar-refractivity contribution in [2.24, 2.45) is 5.92 Å². The molecule has 0 bridgehead atoms. The molecule has 1 saturated carbocycles. The number of carbonyl (C=O) groups excluding carboxylic acids is 1. The first-order valence-electron chi connectivity index (χ1n) is 13.0. The fourth-order valence-electron chi connectivity index (χ4n) is 5.13. The van der Waals surface area contributed by atoms with Crippen LogP contribution in [0.3, 0.4) is 0 Å². The first-order valence-corrected chi connectivity index (χ1v) is 13.0. The van der Waals surface area contributed by atoms with Gasteiger partial charge in [-0.15, -0.1) is 0 Å². The summed E-state index contributed by atoms with van der Waals surface area (Å²) in [5, 5.41) is 12.4. The van der Waals surface area contributed by atoms with Crippen LogP contribution in [0.1, 0.15) is 43.2 Å². The summed E-state index contributed by atoms with van der Waals surface area (Å²) in [6.45, 7) is 1.93. The van der Waals surface area contributed by atoms with Gasteiger partial charge in [0.1, 0.15) is 12.4 Å². The lowest BCUT2D eigenvalue weighted by Gasteiger charge is -2.30. The maximum atomic E-state index is 13.7. The van der Waals surface area contributed by atoms with Crippen molar-refractivity contribution in [3.8, 4) is 16.9 Å². The monoisotopic (exact) mass is 496 g/mol. The van der Waals surface area contributed by atoms with E-state index >= 15 is 0 Å². The highest BCUT2D eigenvalue weighted by Gasteiger charge is 2.27. The quantitative estimate of drug-likeness (QED) is 0.372. The fraction of sp³-hybridized carbons (Fsp3) is 0.290. The summed E-state index contributed by atoms with van der Waals surface area (Å²) in [7, 11) is 0. The van der Waals surface area contributed by atoms with Crippen LogP contribution in [0.15, 0.2) is 72.8 Å². The topological polar surface area (TPSA) is 78.9 Å². The van der Waals surface area contributed by atoms with Gasteiger partial charge in [-0.2, -0.15) is 0 Å². The Kier molecular flexibility index (Phi) is 7.54. The van der Waals surface area contributed by atoms with E-state index in [1.165, 1.54) is 6.42 Å². The Bertz CT molecular complexity index is 1290. The minimum atomic E-state index is -0.998. The number of amides is 1. The molecule has 6 nitrogen and oxygen atoms in total. The molecule has 0 atom stereocenters. The minimum absolute atomic E-state index is 0.0235. The lowest BCUT2D eigenvalue weighted by molar-refractivity contribution is -0.131. The van der Waals surface area contributed by atoms with Crippen molar-refractivity contribution in [2.45, 2.75) is 38.6 Å². The number of ether oxygens (including phenoxy) is 1. The molecule has 1 amide bonds. The van der Waals surface area contributed by atoms with Crippen LogP contribution in [0, 0.1) is 5.92 Å². The molecule has 3 aromatic carbocycles. The van der Waals surface area contributed by atoms with E-state index in [0.717, 1.165) is 77.7 Å². The normalized spacial score (nSPS) is 15.5. The largest absolute Gasteiger partial charge is 0.490 e.